The molecule has 0 saturated carbocycles. The van der Waals surface area contributed by atoms with Gasteiger partial charge in [0.1, 0.15) is 0 Å². The summed E-state index contributed by atoms with van der Waals surface area (Å²) in [7, 11) is 0. The van der Waals surface area contributed by atoms with Crippen molar-refractivity contribution in [3.63, 3.8) is 0 Å². The maximum absolute atomic E-state index is 11.2. The van der Waals surface area contributed by atoms with Crippen LogP contribution in [0.25, 0.3) is 22.0 Å². The third kappa shape index (κ3) is 2.16. The SMILES string of the molecule is O=c1ccc2cc(-c3cccc([N+](=O)[O-])c3)ccc2[nH]1. The minimum atomic E-state index is -0.415. The highest BCUT2D eigenvalue weighted by Gasteiger charge is 2.07. The molecule has 0 aliphatic carbocycles. The van der Waals surface area contributed by atoms with Gasteiger partial charge in [0, 0.05) is 23.7 Å². The van der Waals surface area contributed by atoms with E-state index in [9.17, 15) is 14.9 Å². The number of benzene rings is 2. The summed E-state index contributed by atoms with van der Waals surface area (Å²) < 4.78 is 0. The molecule has 0 unspecified atom stereocenters. The van der Waals surface area contributed by atoms with Crippen LogP contribution in [0, 0.1) is 10.1 Å². The van der Waals surface area contributed by atoms with Crippen LogP contribution in [-0.2, 0) is 0 Å². The van der Waals surface area contributed by atoms with E-state index < -0.39 is 4.92 Å². The topological polar surface area (TPSA) is 76.0 Å². The summed E-state index contributed by atoms with van der Waals surface area (Å²) in [6.45, 7) is 0. The van der Waals surface area contributed by atoms with Crippen molar-refractivity contribution in [2.24, 2.45) is 0 Å². The molecule has 0 amide bonds. The lowest BCUT2D eigenvalue weighted by Gasteiger charge is -2.04. The largest absolute Gasteiger partial charge is 0.322 e. The lowest BCUT2D eigenvalue weighted by molar-refractivity contribution is -0.384. The molecule has 3 rings (SSSR count). The predicted molar refractivity (Wildman–Crippen MR) is 76.7 cm³/mol. The van der Waals surface area contributed by atoms with Crippen LogP contribution < -0.4 is 5.56 Å². The average Bonchev–Trinajstić information content (AvgIpc) is 2.47. The second-order valence-corrected chi connectivity index (χ2v) is 4.43. The lowest BCUT2D eigenvalue weighted by Crippen LogP contribution is -2.01. The molecule has 0 radical (unpaired) electrons. The first-order valence-electron chi connectivity index (χ1n) is 6.01. The molecule has 0 atom stereocenters. The van der Waals surface area contributed by atoms with Gasteiger partial charge in [0.15, 0.2) is 0 Å². The van der Waals surface area contributed by atoms with Gasteiger partial charge in [-0.05, 0) is 34.7 Å². The van der Waals surface area contributed by atoms with E-state index in [0.29, 0.717) is 0 Å². The van der Waals surface area contributed by atoms with E-state index in [0.717, 1.165) is 22.0 Å². The first kappa shape index (κ1) is 12.1. The molecule has 0 bridgehead atoms. The van der Waals surface area contributed by atoms with Crippen LogP contribution in [0.5, 0.6) is 0 Å². The van der Waals surface area contributed by atoms with Gasteiger partial charge < -0.3 is 4.98 Å². The van der Waals surface area contributed by atoms with Gasteiger partial charge in [-0.2, -0.15) is 0 Å². The maximum Gasteiger partial charge on any atom is 0.270 e. The number of pyridine rings is 1. The fourth-order valence-electron chi connectivity index (χ4n) is 2.13. The second-order valence-electron chi connectivity index (χ2n) is 4.43. The Bertz CT molecular complexity index is 868. The van der Waals surface area contributed by atoms with Crippen molar-refractivity contribution in [3.8, 4) is 11.1 Å². The molecule has 0 aliphatic rings. The van der Waals surface area contributed by atoms with Crippen molar-refractivity contribution in [3.05, 3.63) is 75.1 Å². The summed E-state index contributed by atoms with van der Waals surface area (Å²) in [5, 5.41) is 11.7. The Morgan fingerprint density at radius 2 is 1.75 bits per heavy atom. The lowest BCUT2D eigenvalue weighted by atomic mass is 10.0. The molecule has 98 valence electrons. The summed E-state index contributed by atoms with van der Waals surface area (Å²) in [6, 6.07) is 15.2. The maximum atomic E-state index is 11.2. The third-order valence-electron chi connectivity index (χ3n) is 3.11. The third-order valence-corrected chi connectivity index (χ3v) is 3.11. The van der Waals surface area contributed by atoms with Gasteiger partial charge in [0.2, 0.25) is 5.56 Å². The van der Waals surface area contributed by atoms with Gasteiger partial charge in [0.25, 0.3) is 5.69 Å². The molecule has 1 N–H and O–H groups in total. The Hall–Kier alpha value is -2.95. The zero-order valence-corrected chi connectivity index (χ0v) is 10.4. The number of nitro groups is 1. The monoisotopic (exact) mass is 266 g/mol. The average molecular weight is 266 g/mol. The predicted octanol–water partition coefficient (Wildman–Crippen LogP) is 3.10. The molecular formula is C15H10N2O3. The fourth-order valence-corrected chi connectivity index (χ4v) is 2.13. The number of fused-ring (bicyclic) bond motifs is 1. The van der Waals surface area contributed by atoms with E-state index in [-0.39, 0.29) is 11.2 Å². The van der Waals surface area contributed by atoms with Crippen LogP contribution in [0.1, 0.15) is 0 Å². The Labute approximate surface area is 113 Å². The minimum Gasteiger partial charge on any atom is -0.322 e. The molecule has 3 aromatic rings. The molecule has 2 aromatic carbocycles. The zero-order chi connectivity index (χ0) is 14.1. The Balaban J connectivity index is 2.14. The van der Waals surface area contributed by atoms with Crippen molar-refractivity contribution in [2.45, 2.75) is 0 Å². The number of hydrogen-bond donors (Lipinski definition) is 1. The molecule has 5 nitrogen and oxygen atoms in total. The van der Waals surface area contributed by atoms with Gasteiger partial charge in [-0.25, -0.2) is 0 Å². The normalized spacial score (nSPS) is 10.6. The molecule has 0 spiro atoms. The van der Waals surface area contributed by atoms with Crippen molar-refractivity contribution in [1.29, 1.82) is 0 Å². The van der Waals surface area contributed by atoms with Crippen LogP contribution in [0.15, 0.2) is 59.4 Å². The standard InChI is InChI=1S/C15H10N2O3/c18-15-7-5-12-8-11(4-6-14(12)16-15)10-2-1-3-13(9-10)17(19)20/h1-9H,(H,16,18). The van der Waals surface area contributed by atoms with E-state index in [2.05, 4.69) is 4.98 Å². The highest BCUT2D eigenvalue weighted by atomic mass is 16.6. The van der Waals surface area contributed by atoms with Crippen LogP contribution >= 0.6 is 0 Å². The van der Waals surface area contributed by atoms with E-state index in [1.54, 1.807) is 18.2 Å². The van der Waals surface area contributed by atoms with Crippen molar-refractivity contribution < 1.29 is 4.92 Å². The highest BCUT2D eigenvalue weighted by Crippen LogP contribution is 2.26. The van der Waals surface area contributed by atoms with Crippen molar-refractivity contribution in [2.75, 3.05) is 0 Å². The van der Waals surface area contributed by atoms with E-state index in [1.807, 2.05) is 18.2 Å². The first-order chi connectivity index (χ1) is 9.63. The number of H-pyrrole nitrogens is 1. The number of aromatic amines is 1. The molecule has 0 fully saturated rings. The molecule has 1 aromatic heterocycles. The zero-order valence-electron chi connectivity index (χ0n) is 10.4. The highest BCUT2D eigenvalue weighted by molar-refractivity contribution is 5.84. The number of rotatable bonds is 2. The summed E-state index contributed by atoms with van der Waals surface area (Å²) in [5.41, 5.74) is 2.29. The van der Waals surface area contributed by atoms with Crippen LogP contribution in [0.2, 0.25) is 0 Å². The first-order valence-corrected chi connectivity index (χ1v) is 6.01. The van der Waals surface area contributed by atoms with Crippen molar-refractivity contribution in [1.82, 2.24) is 4.98 Å². The van der Waals surface area contributed by atoms with Gasteiger partial charge in [-0.15, -0.1) is 0 Å². The van der Waals surface area contributed by atoms with Gasteiger partial charge in [0.05, 0.1) is 4.92 Å². The number of nitrogens with zero attached hydrogens (tertiary/aromatic N) is 1. The minimum absolute atomic E-state index is 0.0593. The number of hydrogen-bond acceptors (Lipinski definition) is 3. The quantitative estimate of drug-likeness (QED) is 0.572. The molecule has 20 heavy (non-hydrogen) atoms. The Kier molecular flexibility index (Phi) is 2.80. The molecule has 0 saturated heterocycles. The Morgan fingerprint density at radius 1 is 0.950 bits per heavy atom. The number of aromatic nitrogens is 1. The summed E-state index contributed by atoms with van der Waals surface area (Å²) >= 11 is 0. The van der Waals surface area contributed by atoms with Crippen LogP contribution in [-0.4, -0.2) is 9.91 Å². The van der Waals surface area contributed by atoms with E-state index in [1.165, 1.54) is 18.2 Å². The van der Waals surface area contributed by atoms with Gasteiger partial charge >= 0.3 is 0 Å². The number of nitro benzene ring substituents is 1. The molecule has 5 heteroatoms. The fraction of sp³-hybridized carbons (Fsp3) is 0. The Morgan fingerprint density at radius 3 is 2.55 bits per heavy atom. The number of nitrogens with one attached hydrogen (secondary N) is 1. The van der Waals surface area contributed by atoms with E-state index in [4.69, 9.17) is 0 Å². The van der Waals surface area contributed by atoms with Crippen LogP contribution in [0.3, 0.4) is 0 Å². The van der Waals surface area contributed by atoms with Crippen LogP contribution in [0.4, 0.5) is 5.69 Å². The smallest absolute Gasteiger partial charge is 0.270 e. The van der Waals surface area contributed by atoms with Gasteiger partial charge in [-0.1, -0.05) is 18.2 Å². The molecule has 1 heterocycles. The summed E-state index contributed by atoms with van der Waals surface area (Å²) in [6.07, 6.45) is 0. The second kappa shape index (κ2) is 4.62. The molecular weight excluding hydrogens is 256 g/mol. The summed E-state index contributed by atoms with van der Waals surface area (Å²) in [5.74, 6) is 0. The summed E-state index contributed by atoms with van der Waals surface area (Å²) in [4.78, 5) is 24.3. The van der Waals surface area contributed by atoms with Crippen molar-refractivity contribution >= 4 is 16.6 Å². The molecule has 0 aliphatic heterocycles. The number of non-ortho nitro benzene ring substituents is 1. The van der Waals surface area contributed by atoms with E-state index >= 15 is 0 Å². The van der Waals surface area contributed by atoms with Gasteiger partial charge in [-0.3, -0.25) is 14.9 Å².